The van der Waals surface area contributed by atoms with Crippen LogP contribution in [0.15, 0.2) is 47.4 Å². The molecule has 2 atom stereocenters. The van der Waals surface area contributed by atoms with Gasteiger partial charge in [0.05, 0.1) is 11.5 Å². The fraction of sp³-hybridized carbons (Fsp3) is 0.350. The molecule has 0 aromatic heterocycles. The average Bonchev–Trinajstić information content (AvgIpc) is 2.67. The molecule has 0 bridgehead atoms. The van der Waals surface area contributed by atoms with Crippen LogP contribution >= 0.6 is 11.6 Å². The van der Waals surface area contributed by atoms with E-state index in [9.17, 15) is 22.0 Å². The Morgan fingerprint density at radius 1 is 1.14 bits per heavy atom. The van der Waals surface area contributed by atoms with Crippen molar-refractivity contribution < 1.29 is 26.7 Å². The Hall–Kier alpha value is -2.03. The number of halogens is 3. The molecule has 1 aliphatic rings. The molecule has 5 nitrogen and oxygen atoms in total. The van der Waals surface area contributed by atoms with Crippen molar-refractivity contribution in [1.82, 2.24) is 4.31 Å². The molecule has 2 aromatic rings. The van der Waals surface area contributed by atoms with E-state index in [4.69, 9.17) is 16.3 Å². The number of piperidine rings is 1. The maximum atomic E-state index is 13.7. The molecule has 0 unspecified atom stereocenters. The van der Waals surface area contributed by atoms with Gasteiger partial charge in [0, 0.05) is 17.6 Å². The zero-order valence-electron chi connectivity index (χ0n) is 15.6. The minimum atomic E-state index is -4.07. The van der Waals surface area contributed by atoms with Crippen molar-refractivity contribution >= 4 is 27.6 Å². The Balaban J connectivity index is 1.98. The van der Waals surface area contributed by atoms with Crippen molar-refractivity contribution in [3.63, 3.8) is 0 Å². The molecule has 2 aromatic carbocycles. The largest absolute Gasteiger partial charge is 0.465 e. The number of benzene rings is 2. The number of carbonyl (C=O) groups excluding carboxylic acids is 1. The van der Waals surface area contributed by atoms with Crippen LogP contribution in [0.1, 0.15) is 31.2 Å². The highest BCUT2D eigenvalue weighted by atomic mass is 35.5. The molecule has 0 spiro atoms. The first-order valence-electron chi connectivity index (χ1n) is 9.12. The second-order valence-electron chi connectivity index (χ2n) is 6.77. The molecule has 0 N–H and O–H groups in total. The predicted octanol–water partition coefficient (Wildman–Crippen LogP) is 4.12. The van der Waals surface area contributed by atoms with Gasteiger partial charge in [-0.3, -0.25) is 4.79 Å². The topological polar surface area (TPSA) is 63.7 Å². The number of carbonyl (C=O) groups is 1. The van der Waals surface area contributed by atoms with Crippen LogP contribution in [-0.2, 0) is 19.6 Å². The lowest BCUT2D eigenvalue weighted by Gasteiger charge is -2.37. The van der Waals surface area contributed by atoms with Crippen LogP contribution in [0.3, 0.4) is 0 Å². The number of esters is 1. The summed E-state index contributed by atoms with van der Waals surface area (Å²) >= 11 is 5.85. The van der Waals surface area contributed by atoms with E-state index in [0.29, 0.717) is 17.0 Å². The van der Waals surface area contributed by atoms with E-state index in [1.54, 1.807) is 6.92 Å². The highest BCUT2D eigenvalue weighted by Crippen LogP contribution is 2.35. The first kappa shape index (κ1) is 21.7. The number of sulfonamides is 1. The standard InChI is InChI=1S/C20H20ClF2NO4S/c1-2-28-20(25)19-8-3-13(14-9-16(22)11-17(23)10-14)12-24(19)29(26,27)18-6-4-15(21)5-7-18/h4-7,9-11,13,19H,2-3,8,12H2,1H3/t13-,19-/m1/s1. The molecule has 0 saturated carbocycles. The second-order valence-corrected chi connectivity index (χ2v) is 9.10. The Bertz CT molecular complexity index is 978. The average molecular weight is 444 g/mol. The molecule has 1 heterocycles. The summed E-state index contributed by atoms with van der Waals surface area (Å²) in [6.07, 6.45) is 0.563. The summed E-state index contributed by atoms with van der Waals surface area (Å²) in [6.45, 7) is 1.65. The lowest BCUT2D eigenvalue weighted by Crippen LogP contribution is -2.50. The van der Waals surface area contributed by atoms with E-state index in [1.807, 2.05) is 0 Å². The minimum Gasteiger partial charge on any atom is -0.465 e. The SMILES string of the molecule is CCOC(=O)[C@H]1CC[C@@H](c2cc(F)cc(F)c2)CN1S(=O)(=O)c1ccc(Cl)cc1. The van der Waals surface area contributed by atoms with Gasteiger partial charge in [-0.1, -0.05) is 11.6 Å². The number of hydrogen-bond acceptors (Lipinski definition) is 4. The maximum Gasteiger partial charge on any atom is 0.324 e. The third-order valence-corrected chi connectivity index (χ3v) is 7.01. The van der Waals surface area contributed by atoms with Crippen molar-refractivity contribution in [2.75, 3.05) is 13.2 Å². The van der Waals surface area contributed by atoms with E-state index >= 15 is 0 Å². The summed E-state index contributed by atoms with van der Waals surface area (Å²) in [6, 6.07) is 7.71. The number of nitrogens with zero attached hydrogens (tertiary/aromatic N) is 1. The summed E-state index contributed by atoms with van der Waals surface area (Å²) in [7, 11) is -4.07. The Morgan fingerprint density at radius 3 is 2.34 bits per heavy atom. The highest BCUT2D eigenvalue weighted by molar-refractivity contribution is 7.89. The van der Waals surface area contributed by atoms with E-state index in [0.717, 1.165) is 10.4 Å². The van der Waals surface area contributed by atoms with Crippen LogP contribution in [0, 0.1) is 11.6 Å². The Kier molecular flexibility index (Phi) is 6.55. The van der Waals surface area contributed by atoms with E-state index in [-0.39, 0.29) is 24.5 Å². The van der Waals surface area contributed by atoms with E-state index in [1.165, 1.54) is 36.4 Å². The molecule has 156 valence electrons. The van der Waals surface area contributed by atoms with E-state index in [2.05, 4.69) is 0 Å². The molecular formula is C20H20ClF2NO4S. The van der Waals surface area contributed by atoms with Crippen molar-refractivity contribution in [2.24, 2.45) is 0 Å². The van der Waals surface area contributed by atoms with Gasteiger partial charge in [-0.2, -0.15) is 4.31 Å². The first-order chi connectivity index (χ1) is 13.7. The van der Waals surface area contributed by atoms with Crippen molar-refractivity contribution in [3.05, 3.63) is 64.7 Å². The lowest BCUT2D eigenvalue weighted by atomic mass is 9.88. The molecule has 29 heavy (non-hydrogen) atoms. The van der Waals surface area contributed by atoms with Gasteiger partial charge >= 0.3 is 5.97 Å². The quantitative estimate of drug-likeness (QED) is 0.652. The molecule has 0 amide bonds. The van der Waals surface area contributed by atoms with Gasteiger partial charge in [-0.05, 0) is 67.6 Å². The van der Waals surface area contributed by atoms with Gasteiger partial charge in [-0.25, -0.2) is 17.2 Å². The molecular weight excluding hydrogens is 424 g/mol. The molecule has 3 rings (SSSR count). The van der Waals surface area contributed by atoms with Crippen LogP contribution in [0.4, 0.5) is 8.78 Å². The molecule has 0 radical (unpaired) electrons. The van der Waals surface area contributed by atoms with Crippen LogP contribution in [-0.4, -0.2) is 37.9 Å². The monoisotopic (exact) mass is 443 g/mol. The van der Waals surface area contributed by atoms with Crippen LogP contribution < -0.4 is 0 Å². The zero-order valence-corrected chi connectivity index (χ0v) is 17.2. The maximum absolute atomic E-state index is 13.7. The molecule has 9 heteroatoms. The summed E-state index contributed by atoms with van der Waals surface area (Å²) in [4.78, 5) is 12.4. The third-order valence-electron chi connectivity index (χ3n) is 4.87. The summed E-state index contributed by atoms with van der Waals surface area (Å²) in [5, 5.41) is 0.373. The zero-order chi connectivity index (χ0) is 21.2. The van der Waals surface area contributed by atoms with Gasteiger partial charge in [-0.15, -0.1) is 0 Å². The highest BCUT2D eigenvalue weighted by Gasteiger charge is 2.42. The van der Waals surface area contributed by atoms with Crippen LogP contribution in [0.25, 0.3) is 0 Å². The van der Waals surface area contributed by atoms with Crippen molar-refractivity contribution in [1.29, 1.82) is 0 Å². The lowest BCUT2D eigenvalue weighted by molar-refractivity contribution is -0.148. The first-order valence-corrected chi connectivity index (χ1v) is 10.9. The second kappa shape index (κ2) is 8.77. The summed E-state index contributed by atoms with van der Waals surface area (Å²) in [5.74, 6) is -2.58. The van der Waals surface area contributed by atoms with Crippen molar-refractivity contribution in [3.8, 4) is 0 Å². The Labute approximate surface area is 173 Å². The summed E-state index contributed by atoms with van der Waals surface area (Å²) in [5.41, 5.74) is 0.348. The third kappa shape index (κ3) is 4.76. The van der Waals surface area contributed by atoms with Crippen molar-refractivity contribution in [2.45, 2.75) is 36.6 Å². The number of rotatable bonds is 5. The number of ether oxygens (including phenoxy) is 1. The van der Waals surface area contributed by atoms with Gasteiger partial charge < -0.3 is 4.74 Å². The van der Waals surface area contributed by atoms with Gasteiger partial charge in [0.2, 0.25) is 10.0 Å². The van der Waals surface area contributed by atoms with E-state index < -0.39 is 39.6 Å². The fourth-order valence-electron chi connectivity index (χ4n) is 3.50. The van der Waals surface area contributed by atoms with Gasteiger partial charge in [0.1, 0.15) is 17.7 Å². The molecule has 0 aliphatic carbocycles. The normalized spacial score (nSPS) is 20.4. The fourth-order valence-corrected chi connectivity index (χ4v) is 5.28. The summed E-state index contributed by atoms with van der Waals surface area (Å²) < 4.78 is 60.0. The van der Waals surface area contributed by atoms with Crippen LogP contribution in [0.5, 0.6) is 0 Å². The molecule has 1 saturated heterocycles. The molecule has 1 fully saturated rings. The van der Waals surface area contributed by atoms with Crippen LogP contribution in [0.2, 0.25) is 5.02 Å². The smallest absolute Gasteiger partial charge is 0.324 e. The predicted molar refractivity (Wildman–Crippen MR) is 104 cm³/mol. The minimum absolute atomic E-state index is 0.0257. The Morgan fingerprint density at radius 2 is 1.76 bits per heavy atom. The molecule has 1 aliphatic heterocycles. The van der Waals surface area contributed by atoms with Gasteiger partial charge in [0.15, 0.2) is 0 Å². The number of hydrogen-bond donors (Lipinski definition) is 0. The van der Waals surface area contributed by atoms with Gasteiger partial charge in [0.25, 0.3) is 0 Å².